The second-order valence-electron chi connectivity index (χ2n) is 4.92. The highest BCUT2D eigenvalue weighted by Crippen LogP contribution is 2.34. The summed E-state index contributed by atoms with van der Waals surface area (Å²) in [7, 11) is -5.16. The fraction of sp³-hybridized carbons (Fsp3) is 0.385. The molecule has 2 bridgehead atoms. The van der Waals surface area contributed by atoms with Crippen LogP contribution in [0.1, 0.15) is 18.4 Å². The van der Waals surface area contributed by atoms with Gasteiger partial charge in [0.2, 0.25) is 0 Å². The monoisotopic (exact) mass is 297 g/mol. The summed E-state index contributed by atoms with van der Waals surface area (Å²) in [6.45, 7) is 1.90. The van der Waals surface area contributed by atoms with Gasteiger partial charge in [-0.2, -0.15) is 0 Å². The van der Waals surface area contributed by atoms with Crippen molar-refractivity contribution < 1.29 is 12.6 Å². The van der Waals surface area contributed by atoms with Gasteiger partial charge < -0.3 is 0 Å². The molecule has 6 heteroatoms. The molecule has 1 aromatic carbocycles. The van der Waals surface area contributed by atoms with E-state index in [2.05, 4.69) is 0 Å². The van der Waals surface area contributed by atoms with Crippen molar-refractivity contribution in [2.24, 2.45) is 0 Å². The lowest BCUT2D eigenvalue weighted by atomic mass is 10.0. The van der Waals surface area contributed by atoms with Crippen LogP contribution in [0.25, 0.3) is 0 Å². The molecule has 0 radical (unpaired) electrons. The molecule has 0 spiro atoms. The third-order valence-corrected chi connectivity index (χ3v) is 7.74. The van der Waals surface area contributed by atoms with E-state index < -0.39 is 21.0 Å². The van der Waals surface area contributed by atoms with Crippen LogP contribution in [0, 0.1) is 6.92 Å². The Morgan fingerprint density at radius 3 is 2.37 bits per heavy atom. The fourth-order valence-electron chi connectivity index (χ4n) is 2.48. The first-order valence-electron chi connectivity index (χ1n) is 6.20. The quantitative estimate of drug-likeness (QED) is 0.782. The molecule has 0 aromatic heterocycles. The number of benzene rings is 1. The van der Waals surface area contributed by atoms with Gasteiger partial charge in [-0.05, 0) is 31.9 Å². The summed E-state index contributed by atoms with van der Waals surface area (Å²) in [4.78, 5) is 0.215. The van der Waals surface area contributed by atoms with E-state index in [1.165, 1.54) is 3.71 Å². The molecule has 0 amide bonds. The molecule has 0 N–H and O–H groups in total. The largest absolute Gasteiger partial charge is 0.254 e. The zero-order chi connectivity index (χ0) is 13.6. The topological polar surface area (TPSA) is 54.5 Å². The SMILES string of the molecule is Cc1ccc(S(=O)(=O)N2[C@H]3C=C[C@H](CC3)S2=O)cc1. The molecule has 2 heterocycles. The van der Waals surface area contributed by atoms with Crippen molar-refractivity contribution in [1.82, 2.24) is 3.71 Å². The predicted molar refractivity (Wildman–Crippen MR) is 74.3 cm³/mol. The van der Waals surface area contributed by atoms with Crippen LogP contribution in [0.2, 0.25) is 0 Å². The normalized spacial score (nSPS) is 30.7. The van der Waals surface area contributed by atoms with Crippen molar-refractivity contribution in [2.75, 3.05) is 0 Å². The Kier molecular flexibility index (Phi) is 3.11. The van der Waals surface area contributed by atoms with E-state index in [4.69, 9.17) is 0 Å². The second-order valence-corrected chi connectivity index (χ2v) is 8.51. The Labute approximate surface area is 115 Å². The van der Waals surface area contributed by atoms with E-state index in [1.54, 1.807) is 24.3 Å². The Balaban J connectivity index is 2.04. The van der Waals surface area contributed by atoms with Crippen molar-refractivity contribution in [1.29, 1.82) is 0 Å². The molecule has 1 fully saturated rings. The van der Waals surface area contributed by atoms with Crippen molar-refractivity contribution in [3.8, 4) is 0 Å². The molecule has 0 saturated carbocycles. The van der Waals surface area contributed by atoms with Gasteiger partial charge >= 0.3 is 0 Å². The molecule has 1 unspecified atom stereocenters. The first kappa shape index (κ1) is 13.0. The van der Waals surface area contributed by atoms with E-state index in [0.717, 1.165) is 18.4 Å². The third-order valence-electron chi connectivity index (χ3n) is 3.56. The van der Waals surface area contributed by atoms with Gasteiger partial charge in [-0.15, -0.1) is 3.71 Å². The van der Waals surface area contributed by atoms with E-state index in [9.17, 15) is 12.6 Å². The van der Waals surface area contributed by atoms with Crippen LogP contribution >= 0.6 is 0 Å². The average Bonchev–Trinajstić information content (AvgIpc) is 2.40. The fourth-order valence-corrected chi connectivity index (χ4v) is 6.34. The van der Waals surface area contributed by atoms with Crippen LogP contribution in [-0.2, 0) is 21.0 Å². The van der Waals surface area contributed by atoms with Crippen molar-refractivity contribution in [3.63, 3.8) is 0 Å². The summed E-state index contributed by atoms with van der Waals surface area (Å²) in [5.41, 5.74) is 1.00. The van der Waals surface area contributed by atoms with Crippen LogP contribution < -0.4 is 0 Å². The van der Waals surface area contributed by atoms with Crippen LogP contribution in [0.15, 0.2) is 41.3 Å². The maximum Gasteiger partial charge on any atom is 0.254 e. The van der Waals surface area contributed by atoms with Gasteiger partial charge in [-0.25, -0.2) is 12.6 Å². The van der Waals surface area contributed by atoms with Gasteiger partial charge in [-0.1, -0.05) is 29.8 Å². The molecule has 1 saturated heterocycles. The van der Waals surface area contributed by atoms with E-state index in [-0.39, 0.29) is 16.2 Å². The van der Waals surface area contributed by atoms with E-state index in [1.807, 2.05) is 19.1 Å². The first-order chi connectivity index (χ1) is 9.00. The number of rotatable bonds is 2. The lowest BCUT2D eigenvalue weighted by molar-refractivity contribution is 0.426. The predicted octanol–water partition coefficient (Wildman–Crippen LogP) is 1.75. The van der Waals surface area contributed by atoms with Gasteiger partial charge in [0, 0.05) is 0 Å². The minimum Gasteiger partial charge on any atom is -0.241 e. The highest BCUT2D eigenvalue weighted by Gasteiger charge is 2.43. The average molecular weight is 297 g/mol. The van der Waals surface area contributed by atoms with Gasteiger partial charge in [0.1, 0.15) is 11.0 Å². The van der Waals surface area contributed by atoms with E-state index in [0.29, 0.717) is 0 Å². The van der Waals surface area contributed by atoms with Crippen LogP contribution in [0.5, 0.6) is 0 Å². The Morgan fingerprint density at radius 2 is 1.84 bits per heavy atom. The maximum absolute atomic E-state index is 12.6. The lowest BCUT2D eigenvalue weighted by Gasteiger charge is -2.38. The van der Waals surface area contributed by atoms with Gasteiger partial charge in [0.05, 0.1) is 16.2 Å². The summed E-state index contributed by atoms with van der Waals surface area (Å²) >= 11 is 0. The molecule has 19 heavy (non-hydrogen) atoms. The smallest absolute Gasteiger partial charge is 0.241 e. The summed E-state index contributed by atoms with van der Waals surface area (Å²) in [6.07, 6.45) is 5.29. The molecule has 3 aliphatic rings. The summed E-state index contributed by atoms with van der Waals surface area (Å²) in [5.74, 6) is 0. The second kappa shape index (κ2) is 4.54. The molecule has 1 aliphatic carbocycles. The number of aryl methyl sites for hydroxylation is 1. The third kappa shape index (κ3) is 2.07. The summed E-state index contributed by atoms with van der Waals surface area (Å²) < 4.78 is 38.6. The van der Waals surface area contributed by atoms with Crippen LogP contribution in [0.4, 0.5) is 0 Å². The number of hydrogen-bond donors (Lipinski definition) is 0. The molecule has 1 aromatic rings. The summed E-state index contributed by atoms with van der Waals surface area (Å²) in [6, 6.07) is 6.40. The molecule has 102 valence electrons. The minimum atomic E-state index is -3.68. The highest BCUT2D eigenvalue weighted by atomic mass is 32.3. The number of hydrogen-bond acceptors (Lipinski definition) is 3. The maximum atomic E-state index is 12.6. The zero-order valence-corrected chi connectivity index (χ0v) is 12.2. The zero-order valence-electron chi connectivity index (χ0n) is 10.5. The van der Waals surface area contributed by atoms with Gasteiger partial charge in [0.15, 0.2) is 0 Å². The number of nitrogens with zero attached hydrogens (tertiary/aromatic N) is 1. The number of sulfonamides is 1. The van der Waals surface area contributed by atoms with Gasteiger partial charge in [0.25, 0.3) is 10.0 Å². The minimum absolute atomic E-state index is 0.162. The van der Waals surface area contributed by atoms with E-state index >= 15 is 0 Å². The molecule has 3 atom stereocenters. The van der Waals surface area contributed by atoms with Crippen molar-refractivity contribution in [3.05, 3.63) is 42.0 Å². The Morgan fingerprint density at radius 1 is 1.16 bits per heavy atom. The summed E-state index contributed by atoms with van der Waals surface area (Å²) in [5, 5.41) is -0.162. The standard InChI is InChI=1S/C13H15NO3S2/c1-10-2-8-13(9-3-10)19(16,17)14-11-4-6-12(7-5-11)18(14)15/h2-4,6,8-9,11-12H,5,7H2,1H3/t11-,12+,18?/m0/s1. The Bertz CT molecular complexity index is 649. The number of fused-ring (bicyclic) bond motifs is 2. The molecule has 2 aliphatic heterocycles. The van der Waals surface area contributed by atoms with Crippen molar-refractivity contribution in [2.45, 2.75) is 36.0 Å². The lowest BCUT2D eigenvalue weighted by Crippen LogP contribution is -2.50. The molecular weight excluding hydrogens is 282 g/mol. The van der Waals surface area contributed by atoms with Gasteiger partial charge in [-0.3, -0.25) is 0 Å². The van der Waals surface area contributed by atoms with Crippen LogP contribution in [-0.4, -0.2) is 27.6 Å². The Hall–Kier alpha value is -0.980. The molecule has 4 rings (SSSR count). The van der Waals surface area contributed by atoms with Crippen LogP contribution in [0.3, 0.4) is 0 Å². The molecule has 4 nitrogen and oxygen atoms in total. The highest BCUT2D eigenvalue weighted by molar-refractivity contribution is 8.01. The van der Waals surface area contributed by atoms with Crippen molar-refractivity contribution >= 4 is 21.0 Å². The molecular formula is C13H15NO3S2. The first-order valence-corrected chi connectivity index (χ1v) is 8.81.